The van der Waals surface area contributed by atoms with Crippen LogP contribution in [0, 0.1) is 0 Å². The summed E-state index contributed by atoms with van der Waals surface area (Å²) in [6, 6.07) is 0. The van der Waals surface area contributed by atoms with E-state index in [4.69, 9.17) is 5.11 Å². The van der Waals surface area contributed by atoms with Crippen molar-refractivity contribution in [3.05, 3.63) is 0 Å². The smallest absolute Gasteiger partial charge is 0.311 e. The van der Waals surface area contributed by atoms with Crippen LogP contribution >= 0.6 is 0 Å². The van der Waals surface area contributed by atoms with Gasteiger partial charge < -0.3 is 5.11 Å². The van der Waals surface area contributed by atoms with Crippen molar-refractivity contribution in [1.82, 2.24) is 0 Å². The normalized spacial score (nSPS) is 18.3. The minimum atomic E-state index is -6.85. The number of hydrogen-bond acceptors (Lipinski definition) is 3. The average Bonchev–Trinajstić information content (AvgIpc) is 2.05. The van der Waals surface area contributed by atoms with Crippen molar-refractivity contribution in [2.24, 2.45) is 0 Å². The molecule has 0 spiro atoms. The van der Waals surface area contributed by atoms with Gasteiger partial charge in [0.15, 0.2) is 0 Å². The quantitative estimate of drug-likeness (QED) is 0.600. The molecule has 22 heavy (non-hydrogen) atoms. The van der Waals surface area contributed by atoms with Crippen LogP contribution in [-0.4, -0.2) is 41.3 Å². The standard InChI is InChI=1S/C8H7F11O3/c1-3(2,21-7(15,16)17)4(9,5(10,11)12)6(13,14)22-8(18,19)20/h20H,1-2H3. The second-order valence-electron chi connectivity index (χ2n) is 4.32. The fraction of sp³-hybridized carbons (Fsp3) is 1.00. The maximum Gasteiger partial charge on any atom is 0.523 e. The molecule has 0 heterocycles. The lowest BCUT2D eigenvalue weighted by Crippen LogP contribution is -2.70. The third kappa shape index (κ3) is 4.32. The maximum absolute atomic E-state index is 13.8. The van der Waals surface area contributed by atoms with Crippen LogP contribution in [0.5, 0.6) is 0 Å². The Morgan fingerprint density at radius 1 is 0.682 bits per heavy atom. The SMILES string of the molecule is CC(C)(OC(F)(F)F)C(F)(C(F)(F)F)C(F)(F)OC(O)(F)F. The van der Waals surface area contributed by atoms with Gasteiger partial charge in [-0.05, 0) is 13.8 Å². The summed E-state index contributed by atoms with van der Waals surface area (Å²) in [6.07, 6.45) is -25.5. The van der Waals surface area contributed by atoms with E-state index in [0.717, 1.165) is 0 Å². The van der Waals surface area contributed by atoms with E-state index >= 15 is 0 Å². The lowest BCUT2D eigenvalue weighted by Gasteiger charge is -2.44. The van der Waals surface area contributed by atoms with E-state index in [2.05, 4.69) is 4.74 Å². The third-order valence-electron chi connectivity index (χ3n) is 2.24. The van der Waals surface area contributed by atoms with Crippen molar-refractivity contribution < 1.29 is 62.9 Å². The number of aliphatic hydroxyl groups is 1. The van der Waals surface area contributed by atoms with Gasteiger partial charge in [-0.1, -0.05) is 0 Å². The van der Waals surface area contributed by atoms with Crippen molar-refractivity contribution >= 4 is 0 Å². The predicted octanol–water partition coefficient (Wildman–Crippen LogP) is 3.72. The van der Waals surface area contributed by atoms with Gasteiger partial charge in [-0.25, -0.2) is 9.13 Å². The van der Waals surface area contributed by atoms with Gasteiger partial charge in [0.05, 0.1) is 0 Å². The highest BCUT2D eigenvalue weighted by molar-refractivity contribution is 5.07. The first-order valence-corrected chi connectivity index (χ1v) is 4.87. The van der Waals surface area contributed by atoms with Gasteiger partial charge in [0, 0.05) is 0 Å². The van der Waals surface area contributed by atoms with E-state index in [1.807, 2.05) is 4.74 Å². The summed E-state index contributed by atoms with van der Waals surface area (Å²) < 4.78 is 142. The van der Waals surface area contributed by atoms with Gasteiger partial charge in [0.2, 0.25) is 0 Å². The van der Waals surface area contributed by atoms with E-state index in [-0.39, 0.29) is 0 Å². The van der Waals surface area contributed by atoms with E-state index in [9.17, 15) is 48.3 Å². The molecular weight excluding hydrogens is 353 g/mol. The molecule has 0 aliphatic carbocycles. The number of halogens is 11. The molecule has 134 valence electrons. The molecule has 0 aromatic carbocycles. The topological polar surface area (TPSA) is 38.7 Å². The number of hydrogen-bond donors (Lipinski definition) is 1. The first kappa shape index (κ1) is 21.1. The van der Waals surface area contributed by atoms with Crippen molar-refractivity contribution in [1.29, 1.82) is 0 Å². The lowest BCUT2D eigenvalue weighted by molar-refractivity contribution is -0.516. The Bertz CT molecular complexity index is 364. The Morgan fingerprint density at radius 3 is 1.27 bits per heavy atom. The van der Waals surface area contributed by atoms with Gasteiger partial charge in [-0.3, -0.25) is 4.74 Å². The molecule has 0 amide bonds. The Labute approximate surface area is 114 Å². The van der Waals surface area contributed by atoms with Gasteiger partial charge in [0.25, 0.3) is 0 Å². The molecule has 1 atom stereocenters. The van der Waals surface area contributed by atoms with Gasteiger partial charge in [0.1, 0.15) is 5.60 Å². The molecule has 0 saturated heterocycles. The highest BCUT2D eigenvalue weighted by atomic mass is 19.4. The molecule has 14 heteroatoms. The molecule has 0 fully saturated rings. The van der Waals surface area contributed by atoms with Crippen LogP contribution in [0.4, 0.5) is 48.3 Å². The summed E-state index contributed by atoms with van der Waals surface area (Å²) in [7, 11) is 0. The zero-order chi connectivity index (χ0) is 18.4. The van der Waals surface area contributed by atoms with Crippen LogP contribution < -0.4 is 0 Å². The first-order chi connectivity index (χ1) is 9.16. The summed E-state index contributed by atoms with van der Waals surface area (Å²) in [5.74, 6) is 0. The second-order valence-corrected chi connectivity index (χ2v) is 4.32. The van der Waals surface area contributed by atoms with Crippen molar-refractivity contribution in [3.8, 4) is 0 Å². The lowest BCUT2D eigenvalue weighted by atomic mass is 9.85. The fourth-order valence-corrected chi connectivity index (χ4v) is 1.44. The predicted molar refractivity (Wildman–Crippen MR) is 44.3 cm³/mol. The molecule has 0 aliphatic heterocycles. The maximum atomic E-state index is 13.8. The molecule has 3 nitrogen and oxygen atoms in total. The zero-order valence-electron chi connectivity index (χ0n) is 10.4. The number of ether oxygens (including phenoxy) is 2. The third-order valence-corrected chi connectivity index (χ3v) is 2.24. The van der Waals surface area contributed by atoms with E-state index in [1.54, 1.807) is 0 Å². The molecule has 1 unspecified atom stereocenters. The second kappa shape index (κ2) is 5.33. The van der Waals surface area contributed by atoms with Crippen LogP contribution in [0.3, 0.4) is 0 Å². The summed E-state index contributed by atoms with van der Waals surface area (Å²) in [5.41, 5.74) is -10.9. The Kier molecular flexibility index (Phi) is 5.12. The monoisotopic (exact) mass is 360 g/mol. The Morgan fingerprint density at radius 2 is 1.05 bits per heavy atom. The van der Waals surface area contributed by atoms with Crippen molar-refractivity contribution in [2.45, 2.75) is 50.1 Å². The molecule has 0 bridgehead atoms. The zero-order valence-corrected chi connectivity index (χ0v) is 10.4. The summed E-state index contributed by atoms with van der Waals surface area (Å²) in [5, 5.41) is 7.65. The molecular formula is C8H7F11O3. The minimum Gasteiger partial charge on any atom is -0.311 e. The summed E-state index contributed by atoms with van der Waals surface area (Å²) in [6.45, 7) is -0.832. The Hall–Kier alpha value is -0.890. The van der Waals surface area contributed by atoms with Crippen molar-refractivity contribution in [3.63, 3.8) is 0 Å². The number of rotatable bonds is 5. The van der Waals surface area contributed by atoms with Gasteiger partial charge >= 0.3 is 30.6 Å². The van der Waals surface area contributed by atoms with Gasteiger partial charge in [-0.15, -0.1) is 22.0 Å². The highest BCUT2D eigenvalue weighted by Crippen LogP contribution is 2.55. The van der Waals surface area contributed by atoms with Gasteiger partial charge in [-0.2, -0.15) is 22.0 Å². The van der Waals surface area contributed by atoms with Crippen LogP contribution in [-0.2, 0) is 9.47 Å². The van der Waals surface area contributed by atoms with E-state index in [1.165, 1.54) is 0 Å². The van der Waals surface area contributed by atoms with Crippen LogP contribution in [0.15, 0.2) is 0 Å². The molecule has 0 radical (unpaired) electrons. The fourth-order valence-electron chi connectivity index (χ4n) is 1.44. The minimum absolute atomic E-state index is 0.416. The summed E-state index contributed by atoms with van der Waals surface area (Å²) in [4.78, 5) is 0. The average molecular weight is 360 g/mol. The molecule has 0 rings (SSSR count). The molecule has 0 aromatic rings. The largest absolute Gasteiger partial charge is 0.523 e. The van der Waals surface area contributed by atoms with Crippen LogP contribution in [0.1, 0.15) is 13.8 Å². The van der Waals surface area contributed by atoms with E-state index < -0.39 is 50.1 Å². The number of alkyl halides is 11. The van der Waals surface area contributed by atoms with Crippen LogP contribution in [0.2, 0.25) is 0 Å². The molecule has 0 saturated carbocycles. The summed E-state index contributed by atoms with van der Waals surface area (Å²) >= 11 is 0. The van der Waals surface area contributed by atoms with E-state index in [0.29, 0.717) is 0 Å². The molecule has 1 N–H and O–H groups in total. The van der Waals surface area contributed by atoms with Crippen molar-refractivity contribution in [2.75, 3.05) is 0 Å². The Balaban J connectivity index is 6.11. The molecule has 0 aromatic heterocycles. The molecule has 0 aliphatic rings. The first-order valence-electron chi connectivity index (χ1n) is 4.87. The highest BCUT2D eigenvalue weighted by Gasteiger charge is 2.82. The van der Waals surface area contributed by atoms with Crippen LogP contribution in [0.25, 0.3) is 0 Å².